The van der Waals surface area contributed by atoms with E-state index in [0.29, 0.717) is 24.7 Å². The van der Waals surface area contributed by atoms with Gasteiger partial charge in [-0.3, -0.25) is 9.39 Å². The fraction of sp³-hybridized carbons (Fsp3) is 0.316. The van der Waals surface area contributed by atoms with Gasteiger partial charge < -0.3 is 15.0 Å². The molecule has 0 bridgehead atoms. The van der Waals surface area contributed by atoms with E-state index in [4.69, 9.17) is 16.3 Å². The van der Waals surface area contributed by atoms with Crippen molar-refractivity contribution in [2.75, 3.05) is 33.8 Å². The lowest BCUT2D eigenvalue weighted by molar-refractivity contribution is 0.281. The van der Waals surface area contributed by atoms with Gasteiger partial charge in [0, 0.05) is 38.3 Å². The molecule has 0 aliphatic heterocycles. The Bertz CT molecular complexity index is 899. The summed E-state index contributed by atoms with van der Waals surface area (Å²) < 4.78 is 7.73. The van der Waals surface area contributed by atoms with Crippen LogP contribution >= 0.6 is 35.6 Å². The number of halogens is 2. The zero-order chi connectivity index (χ0) is 19.1. The van der Waals surface area contributed by atoms with Crippen LogP contribution in [0.5, 0.6) is 5.75 Å². The maximum absolute atomic E-state index is 5.88. The number of fused-ring (bicyclic) bond motifs is 1. The van der Waals surface area contributed by atoms with Crippen LogP contribution in [-0.2, 0) is 6.42 Å². The van der Waals surface area contributed by atoms with E-state index in [1.54, 1.807) is 7.05 Å². The maximum atomic E-state index is 5.88. The monoisotopic (exact) mass is 514 g/mol. The van der Waals surface area contributed by atoms with Gasteiger partial charge in [-0.25, -0.2) is 0 Å². The molecule has 0 saturated carbocycles. The summed E-state index contributed by atoms with van der Waals surface area (Å²) in [5.41, 5.74) is 0.855. The van der Waals surface area contributed by atoms with Crippen molar-refractivity contribution in [1.82, 2.24) is 24.8 Å². The summed E-state index contributed by atoms with van der Waals surface area (Å²) in [6.07, 6.45) is 2.72. The zero-order valence-electron chi connectivity index (χ0n) is 15.9. The summed E-state index contributed by atoms with van der Waals surface area (Å²) in [5, 5.41) is 12.5. The summed E-state index contributed by atoms with van der Waals surface area (Å²) in [4.78, 5) is 6.35. The Morgan fingerprint density at radius 1 is 1.21 bits per heavy atom. The lowest BCUT2D eigenvalue weighted by Crippen LogP contribution is -2.41. The number of nitrogens with zero attached hydrogens (tertiary/aromatic N) is 5. The molecule has 7 nitrogen and oxygen atoms in total. The number of nitrogens with one attached hydrogen (secondary N) is 1. The van der Waals surface area contributed by atoms with Gasteiger partial charge in [0.1, 0.15) is 18.2 Å². The number of hydrogen-bond acceptors (Lipinski definition) is 4. The van der Waals surface area contributed by atoms with E-state index in [0.717, 1.165) is 29.6 Å². The first-order chi connectivity index (χ1) is 13.2. The van der Waals surface area contributed by atoms with E-state index in [1.807, 2.05) is 65.0 Å². The minimum Gasteiger partial charge on any atom is -0.492 e. The van der Waals surface area contributed by atoms with E-state index in [2.05, 4.69) is 20.5 Å². The number of ether oxygens (including phenoxy) is 1. The molecular formula is C19H24ClIN6O. The largest absolute Gasteiger partial charge is 0.492 e. The normalized spacial score (nSPS) is 11.2. The van der Waals surface area contributed by atoms with Crippen molar-refractivity contribution in [3.8, 4) is 5.75 Å². The molecule has 0 atom stereocenters. The van der Waals surface area contributed by atoms with Crippen LogP contribution in [0.25, 0.3) is 5.65 Å². The van der Waals surface area contributed by atoms with Crippen molar-refractivity contribution in [3.63, 3.8) is 0 Å². The minimum atomic E-state index is 0. The summed E-state index contributed by atoms with van der Waals surface area (Å²) in [7, 11) is 3.75. The highest BCUT2D eigenvalue weighted by molar-refractivity contribution is 14.0. The van der Waals surface area contributed by atoms with E-state index < -0.39 is 0 Å². The van der Waals surface area contributed by atoms with Crippen molar-refractivity contribution < 1.29 is 4.74 Å². The Morgan fingerprint density at radius 2 is 2.00 bits per heavy atom. The molecule has 0 aliphatic rings. The Labute approximate surface area is 186 Å². The molecule has 3 aromatic rings. The molecule has 0 unspecified atom stereocenters. The van der Waals surface area contributed by atoms with Gasteiger partial charge in [0.2, 0.25) is 0 Å². The molecule has 0 fully saturated rings. The fourth-order valence-electron chi connectivity index (χ4n) is 2.67. The molecule has 3 rings (SSSR count). The standard InChI is InChI=1S/C19H23ClN6O.HI/c1-21-19(25(2)13-14-27-16-8-6-15(20)7-9-16)22-11-10-18-24-23-17-5-3-4-12-26(17)18;/h3-9,12H,10-11,13-14H2,1-2H3,(H,21,22);1H. The molecule has 0 aliphatic carbocycles. The third-order valence-corrected chi connectivity index (χ3v) is 4.35. The zero-order valence-corrected chi connectivity index (χ0v) is 19.0. The molecule has 0 saturated heterocycles. The van der Waals surface area contributed by atoms with Gasteiger partial charge in [0.05, 0.1) is 6.54 Å². The number of aliphatic imine (C=N–C) groups is 1. The molecule has 28 heavy (non-hydrogen) atoms. The first-order valence-electron chi connectivity index (χ1n) is 8.76. The maximum Gasteiger partial charge on any atom is 0.193 e. The molecule has 9 heteroatoms. The summed E-state index contributed by atoms with van der Waals surface area (Å²) in [6.45, 7) is 1.97. The van der Waals surface area contributed by atoms with Gasteiger partial charge in [0.15, 0.2) is 11.6 Å². The first kappa shape index (κ1) is 22.2. The average Bonchev–Trinajstić information content (AvgIpc) is 3.10. The van der Waals surface area contributed by atoms with Crippen LogP contribution in [0.15, 0.2) is 53.7 Å². The molecule has 1 aromatic carbocycles. The SMILES string of the molecule is CN=C(NCCc1nnc2ccccn12)N(C)CCOc1ccc(Cl)cc1.I. The van der Waals surface area contributed by atoms with Gasteiger partial charge in [-0.05, 0) is 36.4 Å². The van der Waals surface area contributed by atoms with Crippen molar-refractivity contribution >= 4 is 47.2 Å². The number of aromatic nitrogens is 3. The number of guanidine groups is 1. The second-order valence-electron chi connectivity index (χ2n) is 5.99. The highest BCUT2D eigenvalue weighted by atomic mass is 127. The third kappa shape index (κ3) is 5.96. The van der Waals surface area contributed by atoms with Crippen molar-refractivity contribution in [2.45, 2.75) is 6.42 Å². The third-order valence-electron chi connectivity index (χ3n) is 4.10. The van der Waals surface area contributed by atoms with Crippen LogP contribution in [0.1, 0.15) is 5.82 Å². The topological polar surface area (TPSA) is 67.0 Å². The van der Waals surface area contributed by atoms with Gasteiger partial charge in [-0.15, -0.1) is 34.2 Å². The van der Waals surface area contributed by atoms with Crippen LogP contribution < -0.4 is 10.1 Å². The Kier molecular flexibility index (Phi) is 8.78. The fourth-order valence-corrected chi connectivity index (χ4v) is 2.80. The molecular weight excluding hydrogens is 491 g/mol. The Morgan fingerprint density at radius 3 is 2.75 bits per heavy atom. The van der Waals surface area contributed by atoms with E-state index in [-0.39, 0.29) is 24.0 Å². The lowest BCUT2D eigenvalue weighted by atomic mass is 10.3. The van der Waals surface area contributed by atoms with E-state index in [9.17, 15) is 0 Å². The van der Waals surface area contributed by atoms with Gasteiger partial charge in [-0.2, -0.15) is 0 Å². The van der Waals surface area contributed by atoms with E-state index >= 15 is 0 Å². The molecule has 0 radical (unpaired) electrons. The first-order valence-corrected chi connectivity index (χ1v) is 9.14. The highest BCUT2D eigenvalue weighted by Crippen LogP contribution is 2.15. The second-order valence-corrected chi connectivity index (χ2v) is 6.43. The molecule has 150 valence electrons. The number of pyridine rings is 1. The van der Waals surface area contributed by atoms with Crippen LogP contribution in [0.4, 0.5) is 0 Å². The highest BCUT2D eigenvalue weighted by Gasteiger charge is 2.08. The van der Waals surface area contributed by atoms with E-state index in [1.165, 1.54) is 0 Å². The Balaban J connectivity index is 0.00000280. The van der Waals surface area contributed by atoms with Gasteiger partial charge >= 0.3 is 0 Å². The number of rotatable bonds is 7. The molecule has 0 spiro atoms. The molecule has 2 aromatic heterocycles. The van der Waals surface area contributed by atoms with Crippen molar-refractivity contribution in [2.24, 2.45) is 4.99 Å². The predicted molar refractivity (Wildman–Crippen MR) is 123 cm³/mol. The smallest absolute Gasteiger partial charge is 0.193 e. The minimum absolute atomic E-state index is 0. The summed E-state index contributed by atoms with van der Waals surface area (Å²) in [6, 6.07) is 13.2. The second kappa shape index (κ2) is 11.1. The van der Waals surface area contributed by atoms with Crippen LogP contribution in [-0.4, -0.2) is 59.2 Å². The van der Waals surface area contributed by atoms with Gasteiger partial charge in [0.25, 0.3) is 0 Å². The Hall–Kier alpha value is -2.07. The van der Waals surface area contributed by atoms with Crippen molar-refractivity contribution in [3.05, 3.63) is 59.5 Å². The number of likely N-dealkylation sites (N-methyl/N-ethyl adjacent to an activating group) is 1. The average molecular weight is 515 g/mol. The van der Waals surface area contributed by atoms with Gasteiger partial charge in [-0.1, -0.05) is 17.7 Å². The molecule has 1 N–H and O–H groups in total. The van der Waals surface area contributed by atoms with Crippen LogP contribution in [0.3, 0.4) is 0 Å². The van der Waals surface area contributed by atoms with Crippen molar-refractivity contribution in [1.29, 1.82) is 0 Å². The lowest BCUT2D eigenvalue weighted by Gasteiger charge is -2.22. The summed E-state index contributed by atoms with van der Waals surface area (Å²) in [5.74, 6) is 2.53. The van der Waals surface area contributed by atoms with Crippen LogP contribution in [0.2, 0.25) is 5.02 Å². The summed E-state index contributed by atoms with van der Waals surface area (Å²) >= 11 is 5.88. The molecule has 0 amide bonds. The van der Waals surface area contributed by atoms with Crippen LogP contribution in [0, 0.1) is 0 Å². The quantitative estimate of drug-likeness (QED) is 0.298. The molecule has 2 heterocycles. The number of hydrogen-bond donors (Lipinski definition) is 1. The number of benzene rings is 1. The predicted octanol–water partition coefficient (Wildman–Crippen LogP) is 3.13.